The summed E-state index contributed by atoms with van der Waals surface area (Å²) in [6, 6.07) is 5.72. The van der Waals surface area contributed by atoms with Crippen LogP contribution in [-0.4, -0.2) is 55.8 Å². The van der Waals surface area contributed by atoms with Crippen LogP contribution in [0.2, 0.25) is 0 Å². The standard InChI is InChI=1S/C23H27N7O3S/c1-13-3-6-17(31)14(2)20(13)27-21(32)18-11-24-22(34-18)26-19-8-10-30(28-19)16-7-9-29(12-16)23(33)25-15-4-5-15/h3,6,8,10-11,15-16,31H,4-5,7,9,12H2,1-2H3,(H,25,33)(H,27,32)(H,24,26,28)/t16-/m1/s1. The zero-order valence-corrected chi connectivity index (χ0v) is 19.9. The maximum absolute atomic E-state index is 12.7. The van der Waals surface area contributed by atoms with Crippen LogP contribution in [0.4, 0.5) is 21.4 Å². The number of anilines is 3. The van der Waals surface area contributed by atoms with Gasteiger partial charge in [-0.1, -0.05) is 17.4 Å². The number of thiazole rings is 1. The molecule has 5 rings (SSSR count). The van der Waals surface area contributed by atoms with E-state index >= 15 is 0 Å². The number of rotatable bonds is 6. The van der Waals surface area contributed by atoms with Gasteiger partial charge in [0, 0.05) is 37.0 Å². The molecule has 34 heavy (non-hydrogen) atoms. The number of amides is 3. The number of aromatic hydroxyl groups is 1. The van der Waals surface area contributed by atoms with E-state index < -0.39 is 0 Å². The molecule has 3 amide bonds. The highest BCUT2D eigenvalue weighted by atomic mass is 32.1. The summed E-state index contributed by atoms with van der Waals surface area (Å²) in [6.07, 6.45) is 6.41. The van der Waals surface area contributed by atoms with Crippen molar-refractivity contribution in [1.29, 1.82) is 0 Å². The van der Waals surface area contributed by atoms with Crippen LogP contribution in [0.5, 0.6) is 5.75 Å². The van der Waals surface area contributed by atoms with Crippen molar-refractivity contribution >= 4 is 39.9 Å². The van der Waals surface area contributed by atoms with Gasteiger partial charge in [0.2, 0.25) is 0 Å². The van der Waals surface area contributed by atoms with Crippen LogP contribution in [0.1, 0.15) is 46.1 Å². The molecule has 1 aliphatic carbocycles. The van der Waals surface area contributed by atoms with Gasteiger partial charge in [0.1, 0.15) is 10.6 Å². The molecule has 0 radical (unpaired) electrons. The van der Waals surface area contributed by atoms with Gasteiger partial charge in [-0.05, 0) is 44.7 Å². The molecule has 1 saturated heterocycles. The summed E-state index contributed by atoms with van der Waals surface area (Å²) in [4.78, 5) is 31.6. The minimum atomic E-state index is -0.289. The molecule has 178 valence electrons. The van der Waals surface area contributed by atoms with Crippen molar-refractivity contribution in [3.05, 3.63) is 46.6 Å². The number of nitrogens with zero attached hydrogens (tertiary/aromatic N) is 4. The molecule has 1 atom stereocenters. The third-order valence-corrected chi connectivity index (χ3v) is 7.10. The summed E-state index contributed by atoms with van der Waals surface area (Å²) in [5.41, 5.74) is 2.09. The summed E-state index contributed by atoms with van der Waals surface area (Å²) in [5.74, 6) is 0.474. The lowest BCUT2D eigenvalue weighted by Gasteiger charge is -2.17. The van der Waals surface area contributed by atoms with Gasteiger partial charge in [0.25, 0.3) is 5.91 Å². The Morgan fingerprint density at radius 2 is 2.00 bits per heavy atom. The van der Waals surface area contributed by atoms with Crippen LogP contribution in [0.25, 0.3) is 0 Å². The minimum Gasteiger partial charge on any atom is -0.508 e. The Labute approximate surface area is 201 Å². The fraction of sp³-hybridized carbons (Fsp3) is 0.391. The van der Waals surface area contributed by atoms with Gasteiger partial charge in [0.15, 0.2) is 10.9 Å². The topological polar surface area (TPSA) is 124 Å². The molecule has 1 saturated carbocycles. The number of phenolic OH excluding ortho intramolecular Hbond substituents is 1. The third-order valence-electron chi connectivity index (χ3n) is 6.19. The third kappa shape index (κ3) is 4.69. The predicted molar refractivity (Wildman–Crippen MR) is 130 cm³/mol. The molecule has 11 heteroatoms. The van der Waals surface area contributed by atoms with Crippen LogP contribution in [0, 0.1) is 13.8 Å². The maximum Gasteiger partial charge on any atom is 0.317 e. The molecular weight excluding hydrogens is 454 g/mol. The van der Waals surface area contributed by atoms with Crippen molar-refractivity contribution < 1.29 is 14.7 Å². The van der Waals surface area contributed by atoms with E-state index in [0.717, 1.165) is 31.4 Å². The molecule has 0 unspecified atom stereocenters. The first-order chi connectivity index (χ1) is 16.4. The Morgan fingerprint density at radius 3 is 2.79 bits per heavy atom. The number of carbonyl (C=O) groups excluding carboxylic acids is 2. The second-order valence-corrected chi connectivity index (χ2v) is 9.83. The minimum absolute atomic E-state index is 0.0141. The summed E-state index contributed by atoms with van der Waals surface area (Å²) >= 11 is 1.22. The van der Waals surface area contributed by atoms with E-state index in [1.54, 1.807) is 19.1 Å². The zero-order valence-electron chi connectivity index (χ0n) is 19.0. The quantitative estimate of drug-likeness (QED) is 0.425. The summed E-state index contributed by atoms with van der Waals surface area (Å²) < 4.78 is 1.88. The van der Waals surface area contributed by atoms with Gasteiger partial charge < -0.3 is 26.0 Å². The van der Waals surface area contributed by atoms with E-state index in [-0.39, 0.29) is 23.7 Å². The SMILES string of the molecule is Cc1ccc(O)c(C)c1NC(=O)c1cnc(Nc2ccn([C@@H]3CCN(C(=O)NC4CC4)C3)n2)s1. The Hall–Kier alpha value is -3.60. The van der Waals surface area contributed by atoms with Crippen molar-refractivity contribution in [2.24, 2.45) is 0 Å². The summed E-state index contributed by atoms with van der Waals surface area (Å²) in [6.45, 7) is 4.99. The highest BCUT2D eigenvalue weighted by Crippen LogP contribution is 2.30. The number of likely N-dealkylation sites (tertiary alicyclic amines) is 1. The van der Waals surface area contributed by atoms with Crippen LogP contribution < -0.4 is 16.0 Å². The number of hydrogen-bond acceptors (Lipinski definition) is 7. The highest BCUT2D eigenvalue weighted by Gasteiger charge is 2.31. The summed E-state index contributed by atoms with van der Waals surface area (Å²) in [7, 11) is 0. The number of phenols is 1. The molecule has 3 heterocycles. The van der Waals surface area contributed by atoms with E-state index in [0.29, 0.717) is 39.7 Å². The fourth-order valence-corrected chi connectivity index (χ4v) is 4.71. The number of hydrogen-bond donors (Lipinski definition) is 4. The number of nitrogens with one attached hydrogen (secondary N) is 3. The number of benzene rings is 1. The molecule has 4 N–H and O–H groups in total. The summed E-state index contributed by atoms with van der Waals surface area (Å²) in [5, 5.41) is 24.1. The second-order valence-electron chi connectivity index (χ2n) is 8.80. The van der Waals surface area contributed by atoms with Crippen molar-refractivity contribution in [2.45, 2.75) is 45.2 Å². The highest BCUT2D eigenvalue weighted by molar-refractivity contribution is 7.17. The van der Waals surface area contributed by atoms with Gasteiger partial charge in [-0.2, -0.15) is 5.10 Å². The molecule has 3 aromatic rings. The number of aromatic nitrogens is 3. The Morgan fingerprint density at radius 1 is 1.18 bits per heavy atom. The van der Waals surface area contributed by atoms with Crippen LogP contribution in [0.15, 0.2) is 30.6 Å². The van der Waals surface area contributed by atoms with Crippen LogP contribution >= 0.6 is 11.3 Å². The lowest BCUT2D eigenvalue weighted by molar-refractivity contribution is 0.103. The van der Waals surface area contributed by atoms with Crippen molar-refractivity contribution in [3.8, 4) is 5.75 Å². The van der Waals surface area contributed by atoms with Crippen molar-refractivity contribution in [1.82, 2.24) is 25.0 Å². The van der Waals surface area contributed by atoms with Crippen molar-refractivity contribution in [2.75, 3.05) is 23.7 Å². The lowest BCUT2D eigenvalue weighted by atomic mass is 10.1. The first-order valence-electron chi connectivity index (χ1n) is 11.3. The molecule has 10 nitrogen and oxygen atoms in total. The number of urea groups is 1. The molecule has 1 aliphatic heterocycles. The van der Waals surface area contributed by atoms with E-state index in [1.807, 2.05) is 28.8 Å². The average Bonchev–Trinajstić information content (AvgIpc) is 3.23. The van der Waals surface area contributed by atoms with Gasteiger partial charge in [-0.15, -0.1) is 0 Å². The molecule has 2 fully saturated rings. The second kappa shape index (κ2) is 8.98. The molecule has 2 aliphatic rings. The Kier molecular flexibility index (Phi) is 5.86. The maximum atomic E-state index is 12.7. The van der Waals surface area contributed by atoms with Crippen LogP contribution in [0.3, 0.4) is 0 Å². The average molecular weight is 482 g/mol. The Balaban J connectivity index is 1.19. The van der Waals surface area contributed by atoms with E-state index in [9.17, 15) is 14.7 Å². The van der Waals surface area contributed by atoms with Gasteiger partial charge in [0.05, 0.1) is 17.9 Å². The van der Waals surface area contributed by atoms with E-state index in [2.05, 4.69) is 26.0 Å². The van der Waals surface area contributed by atoms with Crippen LogP contribution in [-0.2, 0) is 0 Å². The normalized spacial score (nSPS) is 17.6. The molecule has 2 aromatic heterocycles. The van der Waals surface area contributed by atoms with Gasteiger partial charge in [-0.25, -0.2) is 9.78 Å². The van der Waals surface area contributed by atoms with E-state index in [1.165, 1.54) is 17.5 Å². The molecule has 1 aromatic carbocycles. The molecule has 0 spiro atoms. The monoisotopic (exact) mass is 481 g/mol. The largest absolute Gasteiger partial charge is 0.508 e. The zero-order chi connectivity index (χ0) is 23.8. The first-order valence-corrected chi connectivity index (χ1v) is 12.1. The molecule has 0 bridgehead atoms. The lowest BCUT2D eigenvalue weighted by Crippen LogP contribution is -2.39. The number of carbonyl (C=O) groups is 2. The first kappa shape index (κ1) is 22.2. The fourth-order valence-electron chi connectivity index (χ4n) is 3.99. The van der Waals surface area contributed by atoms with E-state index in [4.69, 9.17) is 0 Å². The number of aryl methyl sites for hydroxylation is 1. The van der Waals surface area contributed by atoms with Gasteiger partial charge in [-0.3, -0.25) is 9.48 Å². The molecular formula is C23H27N7O3S. The van der Waals surface area contributed by atoms with Crippen molar-refractivity contribution in [3.63, 3.8) is 0 Å². The van der Waals surface area contributed by atoms with Gasteiger partial charge >= 0.3 is 6.03 Å². The Bertz CT molecular complexity index is 1230. The smallest absolute Gasteiger partial charge is 0.317 e. The predicted octanol–water partition coefficient (Wildman–Crippen LogP) is 3.78.